The first-order valence-electron chi connectivity index (χ1n) is 6.36. The van der Waals surface area contributed by atoms with Crippen molar-refractivity contribution in [2.45, 2.75) is 26.4 Å². The summed E-state index contributed by atoms with van der Waals surface area (Å²) >= 11 is 0. The van der Waals surface area contributed by atoms with Gasteiger partial charge in [0.15, 0.2) is 0 Å². The molecule has 102 valence electrons. The smallest absolute Gasteiger partial charge is 0.131 e. The molecule has 0 bridgehead atoms. The summed E-state index contributed by atoms with van der Waals surface area (Å²) in [4.78, 5) is 4.29. The summed E-state index contributed by atoms with van der Waals surface area (Å²) in [5.74, 6) is -0.401. The van der Waals surface area contributed by atoms with Crippen molar-refractivity contribution >= 4 is 0 Å². The number of nitrogens with one attached hydrogen (secondary N) is 1. The van der Waals surface area contributed by atoms with Crippen molar-refractivity contribution in [1.29, 1.82) is 0 Å². The molecule has 0 spiro atoms. The summed E-state index contributed by atoms with van der Waals surface area (Å²) in [5, 5.41) is 3.19. The maximum absolute atomic E-state index is 13.9. The van der Waals surface area contributed by atoms with Gasteiger partial charge in [-0.05, 0) is 19.5 Å². The summed E-state index contributed by atoms with van der Waals surface area (Å²) in [6, 6.07) is 3.26. The molecule has 2 aromatic rings. The van der Waals surface area contributed by atoms with Crippen LogP contribution in [0.2, 0.25) is 0 Å². The Morgan fingerprint density at radius 1 is 1.32 bits per heavy atom. The Kier molecular flexibility index (Phi) is 4.27. The van der Waals surface area contributed by atoms with Crippen molar-refractivity contribution in [2.24, 2.45) is 0 Å². The Hall–Kier alpha value is -1.75. The van der Waals surface area contributed by atoms with Crippen LogP contribution >= 0.6 is 0 Å². The number of aromatic nitrogens is 2. The Balaban J connectivity index is 2.45. The fourth-order valence-electron chi connectivity index (χ4n) is 2.13. The molecule has 1 N–H and O–H groups in total. The van der Waals surface area contributed by atoms with E-state index in [-0.39, 0.29) is 6.04 Å². The quantitative estimate of drug-likeness (QED) is 0.901. The monoisotopic (exact) mass is 265 g/mol. The molecule has 0 saturated carbocycles. The van der Waals surface area contributed by atoms with Gasteiger partial charge in [-0.15, -0.1) is 0 Å². The molecule has 0 saturated heterocycles. The van der Waals surface area contributed by atoms with Gasteiger partial charge < -0.3 is 9.88 Å². The number of imidazole rings is 1. The average molecular weight is 265 g/mol. The third-order valence-electron chi connectivity index (χ3n) is 3.03. The maximum atomic E-state index is 13.9. The van der Waals surface area contributed by atoms with Gasteiger partial charge in [-0.2, -0.15) is 0 Å². The normalized spacial score (nSPS) is 12.6. The minimum Gasteiger partial charge on any atom is -0.334 e. The van der Waals surface area contributed by atoms with Crippen molar-refractivity contribution < 1.29 is 8.78 Å². The number of nitrogens with zero attached hydrogens (tertiary/aromatic N) is 2. The first-order chi connectivity index (χ1) is 9.17. The molecule has 0 radical (unpaired) electrons. The summed E-state index contributed by atoms with van der Waals surface area (Å²) < 4.78 is 28.9. The standard InChI is InChI=1S/C14H17F2N3/c1-3-17-13(14-18-7-8-19(14)4-2)11-6-5-10(15)9-12(11)16/h5-9,13,17H,3-4H2,1-2H3. The summed E-state index contributed by atoms with van der Waals surface area (Å²) in [6.07, 6.45) is 3.53. The molecule has 19 heavy (non-hydrogen) atoms. The lowest BCUT2D eigenvalue weighted by Crippen LogP contribution is -2.26. The molecule has 0 aliphatic heterocycles. The van der Waals surface area contributed by atoms with Gasteiger partial charge in [0.05, 0.1) is 6.04 Å². The van der Waals surface area contributed by atoms with E-state index in [1.54, 1.807) is 6.20 Å². The summed E-state index contributed by atoms with van der Waals surface area (Å²) in [7, 11) is 0. The third kappa shape index (κ3) is 2.81. The molecule has 0 aliphatic rings. The van der Waals surface area contributed by atoms with Crippen LogP contribution in [0.25, 0.3) is 0 Å². The van der Waals surface area contributed by atoms with Crippen LogP contribution in [0.1, 0.15) is 31.3 Å². The second kappa shape index (κ2) is 5.93. The molecule has 1 unspecified atom stereocenters. The van der Waals surface area contributed by atoms with Crippen LogP contribution in [0.5, 0.6) is 0 Å². The topological polar surface area (TPSA) is 29.9 Å². The lowest BCUT2D eigenvalue weighted by Gasteiger charge is -2.19. The van der Waals surface area contributed by atoms with E-state index in [0.29, 0.717) is 12.1 Å². The Bertz CT molecular complexity index is 551. The zero-order valence-electron chi connectivity index (χ0n) is 11.0. The minimum absolute atomic E-state index is 0.374. The Morgan fingerprint density at radius 3 is 2.74 bits per heavy atom. The lowest BCUT2D eigenvalue weighted by atomic mass is 10.1. The first-order valence-corrected chi connectivity index (χ1v) is 6.36. The van der Waals surface area contributed by atoms with E-state index in [1.165, 1.54) is 12.1 Å². The first kappa shape index (κ1) is 13.7. The van der Waals surface area contributed by atoms with Gasteiger partial charge in [-0.25, -0.2) is 13.8 Å². The molecule has 1 atom stereocenters. The van der Waals surface area contributed by atoms with Crippen molar-refractivity contribution in [1.82, 2.24) is 14.9 Å². The van der Waals surface area contributed by atoms with E-state index >= 15 is 0 Å². The van der Waals surface area contributed by atoms with E-state index in [9.17, 15) is 8.78 Å². The molecule has 0 amide bonds. The highest BCUT2D eigenvalue weighted by atomic mass is 19.1. The molecule has 0 fully saturated rings. The zero-order valence-corrected chi connectivity index (χ0v) is 11.0. The minimum atomic E-state index is -0.574. The number of halogens is 2. The SMILES string of the molecule is CCNC(c1ccc(F)cc1F)c1nccn1CC. The number of rotatable bonds is 5. The van der Waals surface area contributed by atoms with E-state index in [4.69, 9.17) is 0 Å². The predicted octanol–water partition coefficient (Wildman–Crippen LogP) is 2.88. The Morgan fingerprint density at radius 2 is 2.11 bits per heavy atom. The maximum Gasteiger partial charge on any atom is 0.131 e. The van der Waals surface area contributed by atoms with Gasteiger partial charge in [0, 0.05) is 30.6 Å². The fourth-order valence-corrected chi connectivity index (χ4v) is 2.13. The van der Waals surface area contributed by atoms with Gasteiger partial charge >= 0.3 is 0 Å². The van der Waals surface area contributed by atoms with Crippen LogP contribution in [0.3, 0.4) is 0 Å². The summed E-state index contributed by atoms with van der Waals surface area (Å²) in [5.41, 5.74) is 0.407. The van der Waals surface area contributed by atoms with Crippen LogP contribution in [0, 0.1) is 11.6 Å². The van der Waals surface area contributed by atoms with Gasteiger partial charge in [0.2, 0.25) is 0 Å². The molecule has 1 heterocycles. The van der Waals surface area contributed by atoms with Crippen LogP contribution in [0.15, 0.2) is 30.6 Å². The van der Waals surface area contributed by atoms with Crippen molar-refractivity contribution in [2.75, 3.05) is 6.54 Å². The highest BCUT2D eigenvalue weighted by molar-refractivity contribution is 5.27. The number of aryl methyl sites for hydroxylation is 1. The molecule has 5 heteroatoms. The van der Waals surface area contributed by atoms with Crippen LogP contribution in [-0.2, 0) is 6.54 Å². The second-order valence-corrected chi connectivity index (χ2v) is 4.23. The third-order valence-corrected chi connectivity index (χ3v) is 3.03. The van der Waals surface area contributed by atoms with Crippen LogP contribution < -0.4 is 5.32 Å². The van der Waals surface area contributed by atoms with Gasteiger partial charge in [0.1, 0.15) is 17.5 Å². The van der Waals surface area contributed by atoms with Gasteiger partial charge in [-0.1, -0.05) is 13.0 Å². The molecule has 0 aliphatic carbocycles. The van der Waals surface area contributed by atoms with Crippen molar-refractivity contribution in [3.63, 3.8) is 0 Å². The number of hydrogen-bond donors (Lipinski definition) is 1. The van der Waals surface area contributed by atoms with Gasteiger partial charge in [-0.3, -0.25) is 0 Å². The van der Waals surface area contributed by atoms with Crippen molar-refractivity contribution in [3.05, 3.63) is 53.6 Å². The Labute approximate surface area is 111 Å². The zero-order chi connectivity index (χ0) is 13.8. The molecule has 1 aromatic heterocycles. The second-order valence-electron chi connectivity index (χ2n) is 4.23. The highest BCUT2D eigenvalue weighted by Gasteiger charge is 2.21. The van der Waals surface area contributed by atoms with E-state index in [0.717, 1.165) is 18.4 Å². The van der Waals surface area contributed by atoms with Crippen LogP contribution in [-0.4, -0.2) is 16.1 Å². The number of hydrogen-bond acceptors (Lipinski definition) is 2. The van der Waals surface area contributed by atoms with Crippen LogP contribution in [0.4, 0.5) is 8.78 Å². The van der Waals surface area contributed by atoms with E-state index < -0.39 is 11.6 Å². The van der Waals surface area contributed by atoms with E-state index in [2.05, 4.69) is 10.3 Å². The molecular formula is C14H17F2N3. The lowest BCUT2D eigenvalue weighted by molar-refractivity contribution is 0.514. The largest absolute Gasteiger partial charge is 0.334 e. The molecular weight excluding hydrogens is 248 g/mol. The predicted molar refractivity (Wildman–Crippen MR) is 69.8 cm³/mol. The molecule has 2 rings (SSSR count). The highest BCUT2D eigenvalue weighted by Crippen LogP contribution is 2.24. The number of benzene rings is 1. The van der Waals surface area contributed by atoms with E-state index in [1.807, 2.05) is 24.6 Å². The molecule has 3 nitrogen and oxygen atoms in total. The average Bonchev–Trinajstić information content (AvgIpc) is 2.85. The van der Waals surface area contributed by atoms with Crippen molar-refractivity contribution in [3.8, 4) is 0 Å². The van der Waals surface area contributed by atoms with Gasteiger partial charge in [0.25, 0.3) is 0 Å². The molecule has 1 aromatic carbocycles. The summed E-state index contributed by atoms with van der Waals surface area (Å²) in [6.45, 7) is 5.35. The fraction of sp³-hybridized carbons (Fsp3) is 0.357.